The van der Waals surface area contributed by atoms with Crippen LogP contribution >= 0.6 is 0 Å². The normalized spacial score (nSPS) is 21.0. The first-order valence-electron chi connectivity index (χ1n) is 11.5. The van der Waals surface area contributed by atoms with Crippen LogP contribution in [0.1, 0.15) is 61.7 Å². The molecule has 34 heavy (non-hydrogen) atoms. The highest BCUT2D eigenvalue weighted by Gasteiger charge is 2.42. The summed E-state index contributed by atoms with van der Waals surface area (Å²) in [6.45, 7) is 6.85. The second-order valence-electron chi connectivity index (χ2n) is 9.93. The molecule has 9 heteroatoms. The molecule has 1 N–H and O–H groups in total. The largest absolute Gasteiger partial charge is 0.451 e. The van der Waals surface area contributed by atoms with Gasteiger partial charge in [0.15, 0.2) is 5.76 Å². The molecule has 0 spiro atoms. The summed E-state index contributed by atoms with van der Waals surface area (Å²) in [5.41, 5.74) is 2.95. The van der Waals surface area contributed by atoms with Crippen molar-refractivity contribution in [2.45, 2.75) is 58.2 Å². The highest BCUT2D eigenvalue weighted by atomic mass is 16.6. The Labute approximate surface area is 196 Å². The molecule has 0 radical (unpaired) electrons. The second-order valence-corrected chi connectivity index (χ2v) is 9.93. The summed E-state index contributed by atoms with van der Waals surface area (Å²) >= 11 is 0. The number of rotatable bonds is 2. The Morgan fingerprint density at radius 3 is 2.65 bits per heavy atom. The average Bonchev–Trinajstić information content (AvgIpc) is 3.29. The van der Waals surface area contributed by atoms with Crippen molar-refractivity contribution in [3.8, 4) is 0 Å². The van der Waals surface area contributed by atoms with Crippen LogP contribution in [0.2, 0.25) is 0 Å². The van der Waals surface area contributed by atoms with Crippen molar-refractivity contribution >= 4 is 40.4 Å². The molecular formula is C25H27N3O6. The van der Waals surface area contributed by atoms with E-state index in [9.17, 15) is 19.2 Å². The summed E-state index contributed by atoms with van der Waals surface area (Å²) in [5.74, 6) is -0.822. The van der Waals surface area contributed by atoms with Crippen molar-refractivity contribution in [2.75, 3.05) is 13.1 Å². The standard InChI is InChI=1S/C25H27N3O6/c1-25(2,3)34-24(32)27-10-8-14(9-11-27)15-4-5-16-17-13-28(18-6-7-20(29)26-22(18)30)23(31)21(17)33-19(16)12-15/h4-5,8,12,18H,6-7,9-11,13H2,1-3H3,(H,26,29,30). The van der Waals surface area contributed by atoms with Crippen LogP contribution in [-0.2, 0) is 20.9 Å². The second kappa shape index (κ2) is 8.00. The van der Waals surface area contributed by atoms with Gasteiger partial charge in [0.25, 0.3) is 5.91 Å². The quantitative estimate of drug-likeness (QED) is 0.682. The maximum absolute atomic E-state index is 13.0. The average molecular weight is 466 g/mol. The van der Waals surface area contributed by atoms with E-state index in [-0.39, 0.29) is 36.6 Å². The van der Waals surface area contributed by atoms with E-state index in [0.717, 1.165) is 22.1 Å². The lowest BCUT2D eigenvalue weighted by Gasteiger charge is -2.29. The van der Waals surface area contributed by atoms with Crippen LogP contribution in [-0.4, -0.2) is 58.3 Å². The van der Waals surface area contributed by atoms with Crippen LogP contribution in [0, 0.1) is 0 Å². The van der Waals surface area contributed by atoms with E-state index in [2.05, 4.69) is 5.32 Å². The van der Waals surface area contributed by atoms with E-state index in [4.69, 9.17) is 9.15 Å². The number of hydrogen-bond donors (Lipinski definition) is 1. The molecule has 1 atom stereocenters. The Bertz CT molecular complexity index is 1250. The molecule has 4 heterocycles. The van der Waals surface area contributed by atoms with Crippen LogP contribution < -0.4 is 5.32 Å². The Hall–Kier alpha value is -3.62. The molecule has 3 aliphatic heterocycles. The number of hydrogen-bond acceptors (Lipinski definition) is 6. The van der Waals surface area contributed by atoms with Crippen LogP contribution in [0.3, 0.4) is 0 Å². The first kappa shape index (κ1) is 22.2. The van der Waals surface area contributed by atoms with E-state index in [0.29, 0.717) is 31.5 Å². The molecule has 0 aliphatic carbocycles. The Kier molecular flexibility index (Phi) is 5.22. The predicted molar refractivity (Wildman–Crippen MR) is 123 cm³/mol. The fourth-order valence-electron chi connectivity index (χ4n) is 4.71. The number of piperidine rings is 1. The number of carbonyl (C=O) groups excluding carboxylic acids is 4. The third-order valence-corrected chi connectivity index (χ3v) is 6.39. The number of nitrogens with one attached hydrogen (secondary N) is 1. The molecule has 3 aliphatic rings. The predicted octanol–water partition coefficient (Wildman–Crippen LogP) is 3.22. The maximum Gasteiger partial charge on any atom is 0.410 e. The highest BCUT2D eigenvalue weighted by Crippen LogP contribution is 2.37. The summed E-state index contributed by atoms with van der Waals surface area (Å²) in [6.07, 6.45) is 2.91. The van der Waals surface area contributed by atoms with Crippen molar-refractivity contribution in [2.24, 2.45) is 0 Å². The first-order chi connectivity index (χ1) is 16.1. The third kappa shape index (κ3) is 3.95. The van der Waals surface area contributed by atoms with Crippen LogP contribution in [0.4, 0.5) is 4.79 Å². The zero-order valence-electron chi connectivity index (χ0n) is 19.5. The Morgan fingerprint density at radius 1 is 1.18 bits per heavy atom. The van der Waals surface area contributed by atoms with Crippen molar-refractivity contribution in [3.05, 3.63) is 41.2 Å². The zero-order valence-corrected chi connectivity index (χ0v) is 19.5. The van der Waals surface area contributed by atoms with Gasteiger partial charge in [-0.3, -0.25) is 19.7 Å². The smallest absolute Gasteiger partial charge is 0.410 e. The topological polar surface area (TPSA) is 109 Å². The van der Waals surface area contributed by atoms with Crippen molar-refractivity contribution in [1.29, 1.82) is 0 Å². The van der Waals surface area contributed by atoms with E-state index in [1.165, 1.54) is 4.90 Å². The zero-order chi connectivity index (χ0) is 24.2. The third-order valence-electron chi connectivity index (χ3n) is 6.39. The number of ether oxygens (including phenoxy) is 1. The Morgan fingerprint density at radius 2 is 1.97 bits per heavy atom. The Balaban J connectivity index is 1.33. The summed E-state index contributed by atoms with van der Waals surface area (Å²) in [6, 6.07) is 5.19. The van der Waals surface area contributed by atoms with E-state index < -0.39 is 17.6 Å². The van der Waals surface area contributed by atoms with Crippen LogP contribution in [0.15, 0.2) is 28.7 Å². The molecule has 9 nitrogen and oxygen atoms in total. The molecule has 1 aromatic heterocycles. The fraction of sp³-hybridized carbons (Fsp3) is 0.440. The molecule has 2 aromatic rings. The number of amides is 4. The maximum atomic E-state index is 13.0. The van der Waals surface area contributed by atoms with Crippen molar-refractivity contribution < 1.29 is 28.3 Å². The lowest BCUT2D eigenvalue weighted by atomic mass is 9.98. The lowest BCUT2D eigenvalue weighted by molar-refractivity contribution is -0.136. The summed E-state index contributed by atoms with van der Waals surface area (Å²) in [7, 11) is 0. The monoisotopic (exact) mass is 465 g/mol. The molecule has 1 saturated heterocycles. The molecule has 0 bridgehead atoms. The van der Waals surface area contributed by atoms with Crippen LogP contribution in [0.5, 0.6) is 0 Å². The molecule has 5 rings (SSSR count). The van der Waals surface area contributed by atoms with Gasteiger partial charge < -0.3 is 19.0 Å². The molecule has 178 valence electrons. The van der Waals surface area contributed by atoms with Gasteiger partial charge in [0.1, 0.15) is 17.2 Å². The molecule has 1 unspecified atom stereocenters. The molecule has 4 amide bonds. The lowest BCUT2D eigenvalue weighted by Crippen LogP contribution is -2.52. The van der Waals surface area contributed by atoms with E-state index in [1.54, 1.807) is 4.90 Å². The fourth-order valence-corrected chi connectivity index (χ4v) is 4.71. The van der Waals surface area contributed by atoms with Gasteiger partial charge in [-0.1, -0.05) is 18.2 Å². The van der Waals surface area contributed by atoms with Gasteiger partial charge in [-0.2, -0.15) is 0 Å². The molecule has 1 aromatic carbocycles. The first-order valence-corrected chi connectivity index (χ1v) is 11.5. The van der Waals surface area contributed by atoms with Crippen molar-refractivity contribution in [3.63, 3.8) is 0 Å². The minimum atomic E-state index is -0.664. The molecular weight excluding hydrogens is 438 g/mol. The number of furan rings is 1. The van der Waals surface area contributed by atoms with Gasteiger partial charge in [-0.25, -0.2) is 4.79 Å². The number of benzene rings is 1. The van der Waals surface area contributed by atoms with Crippen LogP contribution in [0.25, 0.3) is 16.5 Å². The number of carbonyl (C=O) groups is 4. The van der Waals surface area contributed by atoms with E-state index >= 15 is 0 Å². The summed E-state index contributed by atoms with van der Waals surface area (Å²) < 4.78 is 11.4. The van der Waals surface area contributed by atoms with Gasteiger partial charge in [0, 0.05) is 30.5 Å². The number of nitrogens with zero attached hydrogens (tertiary/aromatic N) is 2. The minimum Gasteiger partial charge on any atom is -0.451 e. The summed E-state index contributed by atoms with van der Waals surface area (Å²) in [5, 5.41) is 3.15. The van der Waals surface area contributed by atoms with Gasteiger partial charge in [-0.15, -0.1) is 0 Å². The van der Waals surface area contributed by atoms with Gasteiger partial charge in [0.2, 0.25) is 11.8 Å². The highest BCUT2D eigenvalue weighted by molar-refractivity contribution is 6.07. The van der Waals surface area contributed by atoms with Crippen molar-refractivity contribution in [1.82, 2.24) is 15.1 Å². The van der Waals surface area contributed by atoms with Gasteiger partial charge in [-0.05, 0) is 50.8 Å². The summed E-state index contributed by atoms with van der Waals surface area (Å²) in [4.78, 5) is 52.1. The molecule has 0 saturated carbocycles. The molecule has 1 fully saturated rings. The minimum absolute atomic E-state index is 0.214. The van der Waals surface area contributed by atoms with Gasteiger partial charge in [0.05, 0.1) is 6.54 Å². The number of fused-ring (bicyclic) bond motifs is 3. The SMILES string of the molecule is CC(C)(C)OC(=O)N1CC=C(c2ccc3c4c(oc3c2)C(=O)N(C2CCC(=O)NC2=O)C4)CC1. The number of imide groups is 1. The van der Waals surface area contributed by atoms with Gasteiger partial charge >= 0.3 is 6.09 Å². The van der Waals surface area contributed by atoms with E-state index in [1.807, 2.05) is 45.0 Å².